The summed E-state index contributed by atoms with van der Waals surface area (Å²) >= 11 is 5.82. The van der Waals surface area contributed by atoms with Gasteiger partial charge in [-0.15, -0.1) is 0 Å². The number of hydrogen-bond acceptors (Lipinski definition) is 6. The van der Waals surface area contributed by atoms with Crippen LogP contribution in [0.1, 0.15) is 48.3 Å². The first-order valence-corrected chi connectivity index (χ1v) is 12.3. The molecule has 0 saturated carbocycles. The van der Waals surface area contributed by atoms with Crippen molar-refractivity contribution in [3.63, 3.8) is 0 Å². The molecule has 0 bridgehead atoms. The molecule has 0 spiro atoms. The van der Waals surface area contributed by atoms with Gasteiger partial charge < -0.3 is 9.73 Å². The van der Waals surface area contributed by atoms with Crippen LogP contribution in [0.4, 0.5) is 18.9 Å². The third-order valence-corrected chi connectivity index (χ3v) is 6.42. The first-order chi connectivity index (χ1) is 16.1. The molecule has 3 rings (SSSR count). The van der Waals surface area contributed by atoms with Gasteiger partial charge in [0, 0.05) is 17.5 Å². The van der Waals surface area contributed by atoms with E-state index >= 15 is 0 Å². The molecular weight excluding hydrogens is 507 g/mol. The zero-order valence-electron chi connectivity index (χ0n) is 19.1. The number of fused-ring (bicyclic) bond motifs is 1. The number of aromatic nitrogens is 1. The topological polar surface area (TPSA) is 115 Å². The third-order valence-electron chi connectivity index (χ3n) is 5.36. The van der Waals surface area contributed by atoms with Gasteiger partial charge in [-0.2, -0.15) is 13.2 Å². The molecule has 0 aliphatic heterocycles. The summed E-state index contributed by atoms with van der Waals surface area (Å²) in [5.74, 6) is -0.0116. The van der Waals surface area contributed by atoms with Crippen LogP contribution < -0.4 is 15.9 Å². The molecule has 0 amide bonds. The molecule has 188 valence electrons. The van der Waals surface area contributed by atoms with E-state index in [0.717, 1.165) is 5.56 Å². The second-order valence-electron chi connectivity index (χ2n) is 8.23. The maximum Gasteiger partial charge on any atom is 0.389 e. The minimum absolute atomic E-state index is 0.0116. The van der Waals surface area contributed by atoms with Crippen LogP contribution in [-0.2, 0) is 10.0 Å². The fourth-order valence-electron chi connectivity index (χ4n) is 3.69. The van der Waals surface area contributed by atoms with Gasteiger partial charge in [0.1, 0.15) is 16.5 Å². The Labute approximate surface area is 204 Å². The van der Waals surface area contributed by atoms with Gasteiger partial charge in [-0.3, -0.25) is 4.79 Å². The molecule has 0 aliphatic carbocycles. The Bertz CT molecular complexity index is 1480. The van der Waals surface area contributed by atoms with E-state index in [1.807, 2.05) is 0 Å². The van der Waals surface area contributed by atoms with Gasteiger partial charge in [0.05, 0.1) is 17.1 Å². The van der Waals surface area contributed by atoms with Crippen molar-refractivity contribution in [2.75, 3.05) is 5.32 Å². The summed E-state index contributed by atoms with van der Waals surface area (Å²) in [6.45, 7) is 8.62. The van der Waals surface area contributed by atoms with E-state index in [4.69, 9.17) is 21.2 Å². The number of halogens is 4. The van der Waals surface area contributed by atoms with Crippen LogP contribution in [0.2, 0.25) is 5.15 Å². The second kappa shape index (κ2) is 9.63. The van der Waals surface area contributed by atoms with E-state index in [1.165, 1.54) is 19.1 Å². The normalized spacial score (nSPS) is 13.1. The number of sulfonamides is 1. The lowest BCUT2D eigenvalue weighted by molar-refractivity contribution is -0.133. The van der Waals surface area contributed by atoms with Crippen molar-refractivity contribution in [3.05, 3.63) is 68.7 Å². The molecule has 35 heavy (non-hydrogen) atoms. The molecule has 0 aliphatic rings. The van der Waals surface area contributed by atoms with Gasteiger partial charge >= 0.3 is 6.18 Å². The van der Waals surface area contributed by atoms with Crippen LogP contribution in [-0.4, -0.2) is 19.6 Å². The number of aryl methyl sites for hydroxylation is 1. The predicted molar refractivity (Wildman–Crippen MR) is 129 cm³/mol. The van der Waals surface area contributed by atoms with E-state index < -0.39 is 45.5 Å². The molecule has 3 aromatic rings. The molecule has 2 aromatic heterocycles. The summed E-state index contributed by atoms with van der Waals surface area (Å²) in [6, 6.07) is 5.48. The maximum absolute atomic E-state index is 13.1. The average molecular weight is 530 g/mol. The highest BCUT2D eigenvalue weighted by atomic mass is 35.5. The van der Waals surface area contributed by atoms with Gasteiger partial charge in [-0.1, -0.05) is 24.2 Å². The number of primary sulfonamides is 1. The van der Waals surface area contributed by atoms with Crippen LogP contribution in [0.25, 0.3) is 16.5 Å². The lowest BCUT2D eigenvalue weighted by Gasteiger charge is -2.20. The number of nitrogens with zero attached hydrogens (tertiary/aromatic N) is 1. The third kappa shape index (κ3) is 6.03. The predicted octanol–water partition coefficient (Wildman–Crippen LogP) is 5.63. The Morgan fingerprint density at radius 1 is 1.29 bits per heavy atom. The fourth-order valence-corrected chi connectivity index (χ4v) is 4.54. The highest BCUT2D eigenvalue weighted by molar-refractivity contribution is 7.89. The zero-order valence-corrected chi connectivity index (χ0v) is 20.7. The average Bonchev–Trinajstić information content (AvgIpc) is 2.74. The molecule has 0 unspecified atom stereocenters. The summed E-state index contributed by atoms with van der Waals surface area (Å²) < 4.78 is 68.1. The van der Waals surface area contributed by atoms with E-state index in [2.05, 4.69) is 16.9 Å². The number of rotatable bonds is 7. The standard InChI is InChI=1S/C23H23ClF3N3O4S/c1-11-9-15(14(4)29-17-5-6-18(24)30-22(17)35(28,32)33)21-16(10-11)19(31)13(3)20(34-21)12(2)7-8-23(25,26)27/h5-6,9-10,14,29H,2,7-8H2,1,3-4H3,(H2,28,32,33)/t14-/m1/s1. The Hall–Kier alpha value is -2.89. The molecule has 1 atom stereocenters. The van der Waals surface area contributed by atoms with Crippen LogP contribution in [0.3, 0.4) is 0 Å². The van der Waals surface area contributed by atoms with Gasteiger partial charge in [0.2, 0.25) is 0 Å². The number of benzene rings is 1. The second-order valence-corrected chi connectivity index (χ2v) is 10.1. The largest absolute Gasteiger partial charge is 0.456 e. The maximum atomic E-state index is 13.1. The van der Waals surface area contributed by atoms with Crippen LogP contribution in [0.15, 0.2) is 45.1 Å². The van der Waals surface area contributed by atoms with Gasteiger partial charge in [-0.05, 0) is 56.5 Å². The van der Waals surface area contributed by atoms with Crippen molar-refractivity contribution in [2.45, 2.75) is 50.9 Å². The number of allylic oxidation sites excluding steroid dienone is 1. The van der Waals surface area contributed by atoms with Crippen LogP contribution in [0, 0.1) is 13.8 Å². The summed E-state index contributed by atoms with van der Waals surface area (Å²) in [6.07, 6.45) is -5.92. The Balaban J connectivity index is 2.13. The molecule has 1 aromatic carbocycles. The monoisotopic (exact) mass is 529 g/mol. The van der Waals surface area contributed by atoms with Crippen molar-refractivity contribution < 1.29 is 26.0 Å². The van der Waals surface area contributed by atoms with Crippen molar-refractivity contribution in [3.8, 4) is 0 Å². The number of hydrogen-bond donors (Lipinski definition) is 2. The lowest BCUT2D eigenvalue weighted by Crippen LogP contribution is -2.18. The molecule has 0 saturated heterocycles. The number of nitrogens with one attached hydrogen (secondary N) is 1. The SMILES string of the molecule is C=C(CCC(F)(F)F)c1oc2c([C@@H](C)Nc3ccc(Cl)nc3S(N)(=O)=O)cc(C)cc2c(=O)c1C. The van der Waals surface area contributed by atoms with Crippen LogP contribution in [0.5, 0.6) is 0 Å². The minimum Gasteiger partial charge on any atom is -0.456 e. The molecule has 3 N–H and O–H groups in total. The van der Waals surface area contributed by atoms with Gasteiger partial charge in [0.25, 0.3) is 10.0 Å². The van der Waals surface area contributed by atoms with Crippen LogP contribution >= 0.6 is 11.6 Å². The molecule has 0 radical (unpaired) electrons. The smallest absolute Gasteiger partial charge is 0.389 e. The van der Waals surface area contributed by atoms with Gasteiger partial charge in [0.15, 0.2) is 10.5 Å². The summed E-state index contributed by atoms with van der Waals surface area (Å²) in [5.41, 5.74) is 1.21. The van der Waals surface area contributed by atoms with E-state index in [1.54, 1.807) is 26.0 Å². The number of nitrogens with two attached hydrogens (primary N) is 1. The first kappa shape index (κ1) is 26.7. The summed E-state index contributed by atoms with van der Waals surface area (Å²) in [5, 5.41) is 7.96. The van der Waals surface area contributed by atoms with Crippen molar-refractivity contribution in [2.24, 2.45) is 5.14 Å². The van der Waals surface area contributed by atoms with E-state index in [-0.39, 0.29) is 38.7 Å². The summed E-state index contributed by atoms with van der Waals surface area (Å²) in [7, 11) is -4.22. The van der Waals surface area contributed by atoms with E-state index in [9.17, 15) is 26.4 Å². The Morgan fingerprint density at radius 3 is 2.54 bits per heavy atom. The molecular formula is C23H23ClF3N3O4S. The zero-order chi connectivity index (χ0) is 26.3. The fraction of sp³-hybridized carbons (Fsp3) is 0.304. The van der Waals surface area contributed by atoms with E-state index in [0.29, 0.717) is 5.56 Å². The first-order valence-electron chi connectivity index (χ1n) is 10.4. The number of pyridine rings is 1. The Morgan fingerprint density at radius 2 is 1.94 bits per heavy atom. The van der Waals surface area contributed by atoms with Crippen molar-refractivity contribution in [1.82, 2.24) is 4.98 Å². The van der Waals surface area contributed by atoms with Crippen molar-refractivity contribution in [1.29, 1.82) is 0 Å². The number of alkyl halides is 3. The van der Waals surface area contributed by atoms with Gasteiger partial charge in [-0.25, -0.2) is 18.5 Å². The quantitative estimate of drug-likeness (QED) is 0.383. The molecule has 0 fully saturated rings. The van der Waals surface area contributed by atoms with Crippen molar-refractivity contribution >= 4 is 43.9 Å². The molecule has 12 heteroatoms. The minimum atomic E-state index is -4.39. The highest BCUT2D eigenvalue weighted by Crippen LogP contribution is 2.34. The molecule has 7 nitrogen and oxygen atoms in total. The Kier molecular flexibility index (Phi) is 7.35. The number of anilines is 1. The molecule has 2 heterocycles. The lowest BCUT2D eigenvalue weighted by atomic mass is 9.98. The summed E-state index contributed by atoms with van der Waals surface area (Å²) in [4.78, 5) is 16.9. The highest BCUT2D eigenvalue weighted by Gasteiger charge is 2.28.